The number of hydrogen-bond acceptors (Lipinski definition) is 4. The highest BCUT2D eigenvalue weighted by Gasteiger charge is 2.36. The van der Waals surface area contributed by atoms with Gasteiger partial charge in [-0.25, -0.2) is 4.98 Å². The zero-order valence-corrected chi connectivity index (χ0v) is 13.2. The fraction of sp³-hybridized carbons (Fsp3) is 0.600. The van der Waals surface area contributed by atoms with Crippen molar-refractivity contribution in [2.75, 3.05) is 32.5 Å². The molecular weight excluding hydrogens is 288 g/mol. The molecule has 3 rings (SSSR count). The summed E-state index contributed by atoms with van der Waals surface area (Å²) in [4.78, 5) is 21.4. The molecule has 5 nitrogen and oxygen atoms in total. The monoisotopic (exact) mass is 308 g/mol. The zero-order valence-electron chi connectivity index (χ0n) is 12.5. The maximum absolute atomic E-state index is 12.8. The van der Waals surface area contributed by atoms with Crippen molar-refractivity contribution in [2.45, 2.75) is 31.3 Å². The molecule has 2 unspecified atom stereocenters. The lowest BCUT2D eigenvalue weighted by Crippen LogP contribution is -2.40. The quantitative estimate of drug-likeness (QED) is 0.909. The third-order valence-electron chi connectivity index (χ3n) is 4.74. The first-order chi connectivity index (χ1) is 10.1. The van der Waals surface area contributed by atoms with Gasteiger partial charge in [-0.3, -0.25) is 9.69 Å². The molecule has 2 saturated heterocycles. The Morgan fingerprint density at radius 2 is 2.10 bits per heavy atom. The molecule has 2 aliphatic rings. The second-order valence-electron chi connectivity index (χ2n) is 5.87. The molecule has 1 N–H and O–H groups in total. The zero-order chi connectivity index (χ0) is 15.0. The fourth-order valence-corrected chi connectivity index (χ4v) is 3.56. The van der Waals surface area contributed by atoms with Crippen molar-refractivity contribution >= 4 is 23.3 Å². The van der Waals surface area contributed by atoms with Crippen LogP contribution in [0.25, 0.3) is 0 Å². The van der Waals surface area contributed by atoms with Gasteiger partial charge in [0.1, 0.15) is 11.5 Å². The van der Waals surface area contributed by atoms with E-state index in [1.165, 1.54) is 12.8 Å². The van der Waals surface area contributed by atoms with E-state index in [0.717, 1.165) is 19.5 Å². The summed E-state index contributed by atoms with van der Waals surface area (Å²) in [5.74, 6) is 0.606. The number of carbonyl (C=O) groups is 1. The lowest BCUT2D eigenvalue weighted by molar-refractivity contribution is 0.0734. The number of nitrogens with zero attached hydrogens (tertiary/aromatic N) is 3. The Balaban J connectivity index is 1.82. The molecule has 2 fully saturated rings. The van der Waals surface area contributed by atoms with E-state index in [-0.39, 0.29) is 5.91 Å². The number of likely N-dealkylation sites (N-methyl/N-ethyl adjacent to an activating group) is 1. The smallest absolute Gasteiger partial charge is 0.274 e. The summed E-state index contributed by atoms with van der Waals surface area (Å²) >= 11 is 6.17. The van der Waals surface area contributed by atoms with Crippen molar-refractivity contribution in [1.29, 1.82) is 0 Å². The molecule has 2 aliphatic heterocycles. The molecule has 2 atom stereocenters. The number of pyridine rings is 1. The van der Waals surface area contributed by atoms with E-state index in [2.05, 4.69) is 22.2 Å². The average Bonchev–Trinajstić information content (AvgIpc) is 2.72. The predicted molar refractivity (Wildman–Crippen MR) is 83.9 cm³/mol. The van der Waals surface area contributed by atoms with Crippen molar-refractivity contribution in [3.8, 4) is 0 Å². The maximum Gasteiger partial charge on any atom is 0.274 e. The molecule has 0 aliphatic carbocycles. The number of anilines is 1. The lowest BCUT2D eigenvalue weighted by atomic mass is 10.1. The van der Waals surface area contributed by atoms with Crippen LogP contribution in [0.5, 0.6) is 0 Å². The predicted octanol–water partition coefficient (Wildman–Crippen LogP) is 2.09. The first kappa shape index (κ1) is 14.6. The minimum atomic E-state index is -0.0574. The van der Waals surface area contributed by atoms with Gasteiger partial charge in [0, 0.05) is 32.2 Å². The van der Waals surface area contributed by atoms with Crippen LogP contribution in [0.3, 0.4) is 0 Å². The number of carbonyl (C=O) groups excluding carboxylic acids is 1. The Morgan fingerprint density at radius 3 is 2.86 bits per heavy atom. The molecule has 0 spiro atoms. The van der Waals surface area contributed by atoms with E-state index < -0.39 is 0 Å². The summed E-state index contributed by atoms with van der Waals surface area (Å²) in [6, 6.07) is 4.58. The first-order valence-electron chi connectivity index (χ1n) is 7.45. The maximum atomic E-state index is 12.8. The van der Waals surface area contributed by atoms with E-state index in [9.17, 15) is 4.79 Å². The van der Waals surface area contributed by atoms with Gasteiger partial charge in [-0.05, 0) is 38.4 Å². The van der Waals surface area contributed by atoms with Crippen molar-refractivity contribution in [1.82, 2.24) is 14.8 Å². The molecule has 0 saturated carbocycles. The van der Waals surface area contributed by atoms with E-state index in [0.29, 0.717) is 28.6 Å². The second kappa shape index (κ2) is 5.81. The summed E-state index contributed by atoms with van der Waals surface area (Å²) < 4.78 is 0. The van der Waals surface area contributed by atoms with Gasteiger partial charge in [-0.1, -0.05) is 11.6 Å². The van der Waals surface area contributed by atoms with Gasteiger partial charge in [-0.15, -0.1) is 0 Å². The molecule has 1 aromatic rings. The highest BCUT2D eigenvalue weighted by molar-refractivity contribution is 6.33. The van der Waals surface area contributed by atoms with Crippen LogP contribution in [0.1, 0.15) is 29.8 Å². The normalized spacial score (nSPS) is 25.8. The van der Waals surface area contributed by atoms with Crippen LogP contribution in [0.15, 0.2) is 12.1 Å². The molecule has 1 amide bonds. The van der Waals surface area contributed by atoms with Crippen LogP contribution < -0.4 is 5.32 Å². The number of amides is 1. The minimum absolute atomic E-state index is 0.0574. The summed E-state index contributed by atoms with van der Waals surface area (Å²) in [6.45, 7) is 1.56. The number of nitrogens with one attached hydrogen (secondary N) is 1. The minimum Gasteiger partial charge on any atom is -0.373 e. The average molecular weight is 309 g/mol. The van der Waals surface area contributed by atoms with Crippen LogP contribution in [0, 0.1) is 0 Å². The van der Waals surface area contributed by atoms with Crippen molar-refractivity contribution < 1.29 is 4.79 Å². The molecule has 0 radical (unpaired) electrons. The Bertz CT molecular complexity index is 550. The van der Waals surface area contributed by atoms with Crippen LogP contribution in [0.4, 0.5) is 5.82 Å². The number of halogens is 1. The Morgan fingerprint density at radius 1 is 1.33 bits per heavy atom. The second-order valence-corrected chi connectivity index (χ2v) is 6.27. The third kappa shape index (κ3) is 2.72. The molecular formula is C15H21ClN4O. The van der Waals surface area contributed by atoms with Gasteiger partial charge < -0.3 is 10.2 Å². The van der Waals surface area contributed by atoms with E-state index in [4.69, 9.17) is 11.6 Å². The third-order valence-corrected chi connectivity index (χ3v) is 5.05. The number of aromatic nitrogens is 1. The SMILES string of the molecule is CNc1ccc(Cl)c(C(=O)N2CCC3CCC(C2)N3C)n1. The van der Waals surface area contributed by atoms with Gasteiger partial charge in [-0.2, -0.15) is 0 Å². The van der Waals surface area contributed by atoms with Crippen LogP contribution >= 0.6 is 11.6 Å². The van der Waals surface area contributed by atoms with Crippen LogP contribution in [-0.2, 0) is 0 Å². The number of fused-ring (bicyclic) bond motifs is 2. The molecule has 0 aromatic carbocycles. The Hall–Kier alpha value is -1.33. The molecule has 2 bridgehead atoms. The van der Waals surface area contributed by atoms with Gasteiger partial charge in [0.15, 0.2) is 0 Å². The summed E-state index contributed by atoms with van der Waals surface area (Å²) in [5.41, 5.74) is 0.351. The highest BCUT2D eigenvalue weighted by atomic mass is 35.5. The topological polar surface area (TPSA) is 48.5 Å². The Labute approximate surface area is 130 Å². The van der Waals surface area contributed by atoms with Crippen LogP contribution in [0.2, 0.25) is 5.02 Å². The van der Waals surface area contributed by atoms with Gasteiger partial charge in [0.05, 0.1) is 5.02 Å². The van der Waals surface area contributed by atoms with E-state index in [1.807, 2.05) is 4.90 Å². The van der Waals surface area contributed by atoms with Crippen LogP contribution in [-0.4, -0.2) is 60.0 Å². The van der Waals surface area contributed by atoms with E-state index >= 15 is 0 Å². The van der Waals surface area contributed by atoms with Gasteiger partial charge in [0.2, 0.25) is 0 Å². The molecule has 6 heteroatoms. The van der Waals surface area contributed by atoms with E-state index in [1.54, 1.807) is 19.2 Å². The summed E-state index contributed by atoms with van der Waals surface area (Å²) in [6.07, 6.45) is 3.45. The molecule has 1 aromatic heterocycles. The fourth-order valence-electron chi connectivity index (χ4n) is 3.37. The van der Waals surface area contributed by atoms with Crippen molar-refractivity contribution in [3.63, 3.8) is 0 Å². The largest absolute Gasteiger partial charge is 0.373 e. The highest BCUT2D eigenvalue weighted by Crippen LogP contribution is 2.29. The van der Waals surface area contributed by atoms with Crippen molar-refractivity contribution in [2.24, 2.45) is 0 Å². The lowest BCUT2D eigenvalue weighted by Gasteiger charge is -2.25. The Kier molecular flexibility index (Phi) is 4.04. The summed E-state index contributed by atoms with van der Waals surface area (Å²) in [5, 5.41) is 3.37. The molecule has 3 heterocycles. The number of rotatable bonds is 2. The molecule has 114 valence electrons. The van der Waals surface area contributed by atoms with Gasteiger partial charge in [0.25, 0.3) is 5.91 Å². The molecule has 21 heavy (non-hydrogen) atoms. The number of hydrogen-bond donors (Lipinski definition) is 1. The summed E-state index contributed by atoms with van der Waals surface area (Å²) in [7, 11) is 3.95. The van der Waals surface area contributed by atoms with Crippen molar-refractivity contribution in [3.05, 3.63) is 22.8 Å². The number of likely N-dealkylation sites (tertiary alicyclic amines) is 1. The van der Waals surface area contributed by atoms with Gasteiger partial charge >= 0.3 is 0 Å². The standard InChI is InChI=1S/C15H21ClN4O/c1-17-13-6-5-12(16)14(18-13)15(21)20-8-7-10-3-4-11(9-20)19(10)2/h5-6,10-11H,3-4,7-9H2,1-2H3,(H,17,18). The first-order valence-corrected chi connectivity index (χ1v) is 7.83.